The summed E-state index contributed by atoms with van der Waals surface area (Å²) in [5.74, 6) is 0.845. The first kappa shape index (κ1) is 23.9. The smallest absolute Gasteiger partial charge is 0.324 e. The van der Waals surface area contributed by atoms with Crippen LogP contribution in [-0.2, 0) is 10.0 Å². The highest BCUT2D eigenvalue weighted by Gasteiger charge is 2.34. The molecule has 0 saturated carbocycles. The van der Waals surface area contributed by atoms with Crippen molar-refractivity contribution in [3.8, 4) is 5.75 Å². The van der Waals surface area contributed by atoms with Crippen LogP contribution in [-0.4, -0.2) is 36.1 Å². The summed E-state index contributed by atoms with van der Waals surface area (Å²) in [4.78, 5) is -0.0854. The molecule has 3 heterocycles. The van der Waals surface area contributed by atoms with E-state index in [1.54, 1.807) is 0 Å². The molecule has 0 spiro atoms. The van der Waals surface area contributed by atoms with Crippen molar-refractivity contribution in [1.82, 2.24) is 9.46 Å². The number of furan rings is 1. The van der Waals surface area contributed by atoms with Gasteiger partial charge in [0.05, 0.1) is 6.04 Å². The van der Waals surface area contributed by atoms with Gasteiger partial charge in [0.2, 0.25) is 10.0 Å². The molecule has 1 aromatic carbocycles. The summed E-state index contributed by atoms with van der Waals surface area (Å²) in [5.41, 5.74) is -0.308. The molecule has 0 radical (unpaired) electrons. The Morgan fingerprint density at radius 2 is 1.91 bits per heavy atom. The molecular weight excluding hydrogens is 462 g/mol. The SMILES string of the molecule is Cc1ccc([C@H](Nc2no[n+]([O-])c2Nc2cccc(S(=O)(=O)N3CCCC3)c2O)C(C)(C)C)o1. The second-order valence-corrected chi connectivity index (χ2v) is 11.3. The van der Waals surface area contributed by atoms with Gasteiger partial charge in [-0.3, -0.25) is 5.32 Å². The third-order valence-corrected chi connectivity index (χ3v) is 7.67. The molecule has 3 N–H and O–H groups in total. The number of hydrogen-bond acceptors (Lipinski definition) is 9. The molecule has 2 aromatic heterocycles. The van der Waals surface area contributed by atoms with Crippen LogP contribution in [0.25, 0.3) is 0 Å². The Morgan fingerprint density at radius 1 is 1.21 bits per heavy atom. The predicted molar refractivity (Wildman–Crippen MR) is 124 cm³/mol. The number of rotatable bonds is 7. The Balaban J connectivity index is 1.66. The van der Waals surface area contributed by atoms with Crippen molar-refractivity contribution in [2.45, 2.75) is 51.5 Å². The lowest BCUT2D eigenvalue weighted by Gasteiger charge is -2.29. The number of phenols is 1. The minimum atomic E-state index is -3.87. The molecule has 34 heavy (non-hydrogen) atoms. The van der Waals surface area contributed by atoms with Gasteiger partial charge in [-0.2, -0.15) is 4.31 Å². The van der Waals surface area contributed by atoms with E-state index in [1.165, 1.54) is 22.5 Å². The molecule has 0 unspecified atom stereocenters. The Kier molecular flexibility index (Phi) is 6.21. The van der Waals surface area contributed by atoms with E-state index in [0.29, 0.717) is 18.8 Å². The van der Waals surface area contributed by atoms with Gasteiger partial charge in [-0.15, -0.1) is 0 Å². The van der Waals surface area contributed by atoms with Crippen molar-refractivity contribution in [3.05, 3.63) is 47.1 Å². The summed E-state index contributed by atoms with van der Waals surface area (Å²) in [6.07, 6.45) is 1.54. The monoisotopic (exact) mass is 491 g/mol. The molecule has 12 heteroatoms. The topological polar surface area (TPSA) is 148 Å². The van der Waals surface area contributed by atoms with E-state index in [2.05, 4.69) is 15.8 Å². The standard InChI is InChI=1S/C22H29N5O6S/c1-14-10-11-16(32-14)19(22(2,3)4)24-20-21(27(29)33-25-20)23-15-8-7-9-17(18(15)28)34(30,31)26-12-5-6-13-26/h7-11,19,23,28H,5-6,12-13H2,1-4H3,(H,24,25)/t19-/m0/s1. The minimum Gasteiger partial charge on any atom is -0.503 e. The lowest BCUT2D eigenvalue weighted by Crippen LogP contribution is -2.29. The number of phenolic OH excluding ortho intramolecular Hbond substituents is 1. The zero-order valence-electron chi connectivity index (χ0n) is 19.5. The maximum atomic E-state index is 13.0. The molecular formula is C22H29N5O6S. The fraction of sp³-hybridized carbons (Fsp3) is 0.455. The molecule has 1 aliphatic heterocycles. The maximum absolute atomic E-state index is 13.0. The molecule has 4 rings (SSSR count). The largest absolute Gasteiger partial charge is 0.503 e. The Morgan fingerprint density at radius 3 is 2.53 bits per heavy atom. The number of hydrogen-bond donors (Lipinski definition) is 3. The summed E-state index contributed by atoms with van der Waals surface area (Å²) >= 11 is 0. The van der Waals surface area contributed by atoms with Crippen LogP contribution in [0.4, 0.5) is 17.3 Å². The number of anilines is 3. The number of aromatic hydroxyl groups is 1. The Bertz CT molecular complexity index is 1270. The summed E-state index contributed by atoms with van der Waals surface area (Å²) in [7, 11) is -3.87. The second-order valence-electron chi connectivity index (χ2n) is 9.41. The third kappa shape index (κ3) is 4.55. The highest BCUT2D eigenvalue weighted by Crippen LogP contribution is 2.39. The molecule has 1 saturated heterocycles. The van der Waals surface area contributed by atoms with E-state index in [4.69, 9.17) is 9.05 Å². The van der Waals surface area contributed by atoms with E-state index < -0.39 is 15.8 Å². The Hall–Kier alpha value is -3.25. The van der Waals surface area contributed by atoms with Crippen molar-refractivity contribution in [2.75, 3.05) is 23.7 Å². The number of nitrogens with one attached hydrogen (secondary N) is 2. The van der Waals surface area contributed by atoms with Gasteiger partial charge in [0, 0.05) is 13.1 Å². The van der Waals surface area contributed by atoms with Gasteiger partial charge in [0.25, 0.3) is 5.82 Å². The van der Waals surface area contributed by atoms with Crippen molar-refractivity contribution < 1.29 is 27.5 Å². The summed E-state index contributed by atoms with van der Waals surface area (Å²) in [6.45, 7) is 8.64. The van der Waals surface area contributed by atoms with Crippen molar-refractivity contribution in [2.24, 2.45) is 5.41 Å². The van der Waals surface area contributed by atoms with Crippen molar-refractivity contribution in [3.63, 3.8) is 0 Å². The molecule has 1 fully saturated rings. The number of aryl methyl sites for hydroxylation is 1. The van der Waals surface area contributed by atoms with Gasteiger partial charge in [-0.05, 0) is 54.6 Å². The predicted octanol–water partition coefficient (Wildman–Crippen LogP) is 3.64. The van der Waals surface area contributed by atoms with E-state index >= 15 is 0 Å². The van der Waals surface area contributed by atoms with Crippen LogP contribution in [0.5, 0.6) is 5.75 Å². The lowest BCUT2D eigenvalue weighted by atomic mass is 9.85. The molecule has 0 amide bonds. The third-order valence-electron chi connectivity index (χ3n) is 5.74. The van der Waals surface area contributed by atoms with Gasteiger partial charge in [-0.1, -0.05) is 31.7 Å². The number of aromatic nitrogens is 2. The first-order chi connectivity index (χ1) is 16.0. The van der Waals surface area contributed by atoms with Crippen LogP contribution in [0.3, 0.4) is 0 Å². The minimum absolute atomic E-state index is 0.0253. The maximum Gasteiger partial charge on any atom is 0.324 e. The van der Waals surface area contributed by atoms with Gasteiger partial charge in [0.15, 0.2) is 5.75 Å². The van der Waals surface area contributed by atoms with Crippen molar-refractivity contribution in [1.29, 1.82) is 0 Å². The summed E-state index contributed by atoms with van der Waals surface area (Å²) in [6, 6.07) is 7.60. The molecule has 0 bridgehead atoms. The molecule has 1 atom stereocenters. The average Bonchev–Trinajstić information content (AvgIpc) is 3.50. The van der Waals surface area contributed by atoms with E-state index in [9.17, 15) is 18.7 Å². The van der Waals surface area contributed by atoms with E-state index in [1.807, 2.05) is 39.8 Å². The quantitative estimate of drug-likeness (QED) is 0.333. The van der Waals surface area contributed by atoms with Crippen LogP contribution >= 0.6 is 0 Å². The van der Waals surface area contributed by atoms with Crippen LogP contribution in [0, 0.1) is 17.5 Å². The van der Waals surface area contributed by atoms with Gasteiger partial charge >= 0.3 is 5.82 Å². The number of sulfonamides is 1. The lowest BCUT2D eigenvalue weighted by molar-refractivity contribution is -0.790. The van der Waals surface area contributed by atoms with E-state index in [0.717, 1.165) is 18.6 Å². The van der Waals surface area contributed by atoms with Crippen molar-refractivity contribution >= 4 is 27.3 Å². The van der Waals surface area contributed by atoms with Crippen LogP contribution in [0.15, 0.2) is 44.3 Å². The number of benzene rings is 1. The zero-order chi connectivity index (χ0) is 24.7. The molecule has 11 nitrogen and oxygen atoms in total. The number of nitrogens with zero attached hydrogens (tertiary/aromatic N) is 3. The molecule has 3 aromatic rings. The van der Waals surface area contributed by atoms with Gasteiger partial charge in [-0.25, -0.2) is 8.42 Å². The fourth-order valence-electron chi connectivity index (χ4n) is 3.93. The summed E-state index contributed by atoms with van der Waals surface area (Å²) < 4.78 is 37.9. The highest BCUT2D eigenvalue weighted by atomic mass is 32.2. The second kappa shape index (κ2) is 8.84. The fourth-order valence-corrected chi connectivity index (χ4v) is 5.56. The van der Waals surface area contributed by atoms with Crippen LogP contribution < -0.4 is 15.5 Å². The normalized spacial score (nSPS) is 16.0. The zero-order valence-corrected chi connectivity index (χ0v) is 20.3. The van der Waals surface area contributed by atoms with E-state index in [-0.39, 0.29) is 38.6 Å². The molecule has 1 aliphatic rings. The summed E-state index contributed by atoms with van der Waals surface area (Å²) in [5, 5.41) is 32.9. The molecule has 184 valence electrons. The first-order valence-corrected chi connectivity index (χ1v) is 12.4. The highest BCUT2D eigenvalue weighted by molar-refractivity contribution is 7.89. The van der Waals surface area contributed by atoms with Gasteiger partial charge in [0.1, 0.15) is 22.1 Å². The number of para-hydroxylation sites is 1. The Labute approximate surface area is 197 Å². The first-order valence-electron chi connectivity index (χ1n) is 11.0. The van der Waals surface area contributed by atoms with Crippen LogP contribution in [0.1, 0.15) is 51.2 Å². The van der Waals surface area contributed by atoms with Crippen LogP contribution in [0.2, 0.25) is 0 Å². The molecule has 0 aliphatic carbocycles. The average molecular weight is 492 g/mol. The van der Waals surface area contributed by atoms with Gasteiger partial charge < -0.3 is 24.7 Å².